The van der Waals surface area contributed by atoms with Gasteiger partial charge in [0, 0.05) is 33.1 Å². The van der Waals surface area contributed by atoms with Gasteiger partial charge in [0.05, 0.1) is 22.4 Å². The van der Waals surface area contributed by atoms with Gasteiger partial charge in [-0.1, -0.05) is 176 Å². The molecule has 0 bridgehead atoms. The van der Waals surface area contributed by atoms with Crippen molar-refractivity contribution in [2.75, 3.05) is 4.90 Å². The molecule has 0 fully saturated rings. The van der Waals surface area contributed by atoms with Crippen LogP contribution in [0.4, 0.5) is 17.1 Å². The molecule has 0 amide bonds. The molecule has 0 aliphatic rings. The van der Waals surface area contributed by atoms with Gasteiger partial charge in [-0.2, -0.15) is 0 Å². The summed E-state index contributed by atoms with van der Waals surface area (Å²) in [6, 6.07) is 79.6. The van der Waals surface area contributed by atoms with E-state index in [1.807, 2.05) is 0 Å². The van der Waals surface area contributed by atoms with Gasteiger partial charge in [-0.3, -0.25) is 0 Å². The van der Waals surface area contributed by atoms with Crippen LogP contribution in [0.5, 0.6) is 0 Å². The first-order valence-corrected chi connectivity index (χ1v) is 19.3. The van der Waals surface area contributed by atoms with Crippen molar-refractivity contribution in [3.8, 4) is 27.9 Å². The number of fused-ring (bicyclic) bond motifs is 8. The summed E-state index contributed by atoms with van der Waals surface area (Å²) in [6.45, 7) is 0. The number of para-hydroxylation sites is 2. The highest BCUT2D eigenvalue weighted by molar-refractivity contribution is 6.23. The Balaban J connectivity index is 1.24. The molecule has 11 aromatic rings. The predicted octanol–water partition coefficient (Wildman–Crippen LogP) is 15.0. The fourth-order valence-corrected chi connectivity index (χ4v) is 8.81. The smallest absolute Gasteiger partial charge is 0.0561 e. The number of rotatable bonds is 6. The van der Waals surface area contributed by atoms with Crippen molar-refractivity contribution in [1.82, 2.24) is 4.57 Å². The van der Waals surface area contributed by atoms with Gasteiger partial charge in [0.1, 0.15) is 0 Å². The Labute approximate surface area is 325 Å². The van der Waals surface area contributed by atoms with Gasteiger partial charge >= 0.3 is 0 Å². The minimum Gasteiger partial charge on any atom is -0.310 e. The van der Waals surface area contributed by atoms with E-state index in [4.69, 9.17) is 0 Å². The zero-order chi connectivity index (χ0) is 37.0. The number of hydrogen-bond acceptors (Lipinski definition) is 1. The van der Waals surface area contributed by atoms with E-state index in [-0.39, 0.29) is 0 Å². The number of nitrogens with zero attached hydrogens (tertiary/aromatic N) is 2. The molecule has 0 radical (unpaired) electrons. The maximum Gasteiger partial charge on any atom is 0.0561 e. The van der Waals surface area contributed by atoms with Crippen LogP contribution in [0.1, 0.15) is 0 Å². The van der Waals surface area contributed by atoms with Gasteiger partial charge in [0.15, 0.2) is 0 Å². The standard InChI is InChI=1S/C54H36N2/c1-3-16-37(17-4-1)40-21-15-22-42(34-40)55(52-35-41-31-30-39-20-7-8-23-45(39)54(41)49-27-10-9-26-48(49)52)43-32-33-44(38-18-5-2-6-19-38)53(36-43)56-50-28-13-11-24-46(50)47-25-12-14-29-51(47)56/h1-36H. The molecule has 2 nitrogen and oxygen atoms in total. The van der Waals surface area contributed by atoms with Crippen LogP contribution in [0.3, 0.4) is 0 Å². The van der Waals surface area contributed by atoms with E-state index in [1.54, 1.807) is 0 Å². The first-order chi connectivity index (χ1) is 27.8. The maximum atomic E-state index is 2.47. The second-order valence-electron chi connectivity index (χ2n) is 14.5. The minimum absolute atomic E-state index is 1.08. The van der Waals surface area contributed by atoms with E-state index >= 15 is 0 Å². The summed E-state index contributed by atoms with van der Waals surface area (Å²) >= 11 is 0. The van der Waals surface area contributed by atoms with Crippen LogP contribution in [-0.4, -0.2) is 4.57 Å². The van der Waals surface area contributed by atoms with Crippen LogP contribution in [0, 0.1) is 0 Å². The number of benzene rings is 10. The van der Waals surface area contributed by atoms with Gasteiger partial charge < -0.3 is 9.47 Å². The van der Waals surface area contributed by atoms with Gasteiger partial charge in [-0.25, -0.2) is 0 Å². The zero-order valence-corrected chi connectivity index (χ0v) is 30.7. The highest BCUT2D eigenvalue weighted by atomic mass is 15.1. The first-order valence-electron chi connectivity index (χ1n) is 19.3. The third kappa shape index (κ3) is 5.19. The van der Waals surface area contributed by atoms with Crippen LogP contribution in [0.15, 0.2) is 218 Å². The second-order valence-corrected chi connectivity index (χ2v) is 14.5. The summed E-state index contributed by atoms with van der Waals surface area (Å²) in [5.74, 6) is 0. The topological polar surface area (TPSA) is 8.17 Å². The Bertz CT molecular complexity index is 3200. The SMILES string of the molecule is c1ccc(-c2cccc(N(c3ccc(-c4ccccc4)c(-n4c5ccccc5c5ccccc54)c3)c3cc4ccc5ccccc5c4c4ccccc34)c2)cc1. The predicted molar refractivity (Wildman–Crippen MR) is 239 cm³/mol. The van der Waals surface area contributed by atoms with E-state index in [0.29, 0.717) is 0 Å². The number of aromatic nitrogens is 1. The van der Waals surface area contributed by atoms with Crippen LogP contribution < -0.4 is 4.90 Å². The lowest BCUT2D eigenvalue weighted by Crippen LogP contribution is -2.12. The van der Waals surface area contributed by atoms with Gasteiger partial charge in [-0.05, 0) is 86.1 Å². The average molecular weight is 713 g/mol. The lowest BCUT2D eigenvalue weighted by molar-refractivity contribution is 1.17. The average Bonchev–Trinajstić information content (AvgIpc) is 3.61. The summed E-state index contributed by atoms with van der Waals surface area (Å²) in [6.07, 6.45) is 0. The third-order valence-electron chi connectivity index (χ3n) is 11.3. The third-order valence-corrected chi connectivity index (χ3v) is 11.3. The Hall–Kier alpha value is -7.42. The van der Waals surface area contributed by atoms with Crippen molar-refractivity contribution >= 4 is 71.2 Å². The molecule has 0 N–H and O–H groups in total. The molecule has 11 rings (SSSR count). The summed E-state index contributed by atoms with van der Waals surface area (Å²) in [5, 5.41) is 9.94. The van der Waals surface area contributed by atoms with E-state index < -0.39 is 0 Å². The van der Waals surface area contributed by atoms with Crippen molar-refractivity contribution in [3.63, 3.8) is 0 Å². The maximum absolute atomic E-state index is 2.47. The van der Waals surface area contributed by atoms with E-state index in [0.717, 1.165) is 22.7 Å². The Morgan fingerprint density at radius 1 is 0.321 bits per heavy atom. The molecular weight excluding hydrogens is 677 g/mol. The zero-order valence-electron chi connectivity index (χ0n) is 30.7. The van der Waals surface area contributed by atoms with Crippen molar-refractivity contribution in [1.29, 1.82) is 0 Å². The van der Waals surface area contributed by atoms with Crippen molar-refractivity contribution in [2.24, 2.45) is 0 Å². The minimum atomic E-state index is 1.08. The van der Waals surface area contributed by atoms with E-state index in [2.05, 4.69) is 228 Å². The molecule has 0 saturated heterocycles. The summed E-state index contributed by atoms with van der Waals surface area (Å²) in [7, 11) is 0. The van der Waals surface area contributed by atoms with Crippen molar-refractivity contribution < 1.29 is 0 Å². The first kappa shape index (κ1) is 32.0. The van der Waals surface area contributed by atoms with Gasteiger partial charge in [0.2, 0.25) is 0 Å². The molecule has 1 aromatic heterocycles. The second kappa shape index (κ2) is 13.2. The Kier molecular flexibility index (Phi) is 7.53. The van der Waals surface area contributed by atoms with Crippen LogP contribution in [-0.2, 0) is 0 Å². The normalized spacial score (nSPS) is 11.6. The van der Waals surface area contributed by atoms with Crippen LogP contribution >= 0.6 is 0 Å². The molecule has 0 atom stereocenters. The van der Waals surface area contributed by atoms with Crippen LogP contribution in [0.2, 0.25) is 0 Å². The molecule has 1 heterocycles. The molecule has 0 saturated carbocycles. The van der Waals surface area contributed by atoms with Crippen molar-refractivity contribution in [2.45, 2.75) is 0 Å². The fraction of sp³-hybridized carbons (Fsp3) is 0. The van der Waals surface area contributed by atoms with Crippen LogP contribution in [0.25, 0.3) is 82.1 Å². The number of anilines is 3. The monoisotopic (exact) mass is 712 g/mol. The summed E-state index contributed by atoms with van der Waals surface area (Å²) in [4.78, 5) is 2.47. The lowest BCUT2D eigenvalue weighted by atomic mass is 9.94. The van der Waals surface area contributed by atoms with Gasteiger partial charge in [0.25, 0.3) is 0 Å². The van der Waals surface area contributed by atoms with E-state index in [9.17, 15) is 0 Å². The number of hydrogen-bond donors (Lipinski definition) is 0. The highest BCUT2D eigenvalue weighted by Gasteiger charge is 2.22. The molecule has 0 aliphatic heterocycles. The molecule has 0 aliphatic carbocycles. The Morgan fingerprint density at radius 2 is 0.875 bits per heavy atom. The quantitative estimate of drug-likeness (QED) is 0.156. The lowest BCUT2D eigenvalue weighted by Gasteiger charge is -2.29. The van der Waals surface area contributed by atoms with Gasteiger partial charge in [-0.15, -0.1) is 0 Å². The summed E-state index contributed by atoms with van der Waals surface area (Å²) in [5.41, 5.74) is 11.5. The Morgan fingerprint density at radius 3 is 1.61 bits per heavy atom. The molecule has 56 heavy (non-hydrogen) atoms. The largest absolute Gasteiger partial charge is 0.310 e. The van der Waals surface area contributed by atoms with Crippen molar-refractivity contribution in [3.05, 3.63) is 218 Å². The molecule has 0 spiro atoms. The molecule has 0 unspecified atom stereocenters. The molecular formula is C54H36N2. The molecule has 2 heteroatoms. The fourth-order valence-electron chi connectivity index (χ4n) is 8.81. The highest BCUT2D eigenvalue weighted by Crippen LogP contribution is 2.46. The summed E-state index contributed by atoms with van der Waals surface area (Å²) < 4.78 is 2.46. The molecule has 10 aromatic carbocycles. The molecule has 262 valence electrons. The van der Waals surface area contributed by atoms with E-state index in [1.165, 1.54) is 76.4 Å².